The molecule has 0 spiro atoms. The molecule has 2 aromatic rings. The Kier molecular flexibility index (Phi) is 2.64. The lowest BCUT2D eigenvalue weighted by molar-refractivity contribution is 0.432. The Labute approximate surface area is 87.1 Å². The lowest BCUT2D eigenvalue weighted by atomic mass is 10.0. The normalized spacial score (nSPS) is 10.5. The molecule has 0 atom stereocenters. The number of hydrogen-bond acceptors (Lipinski definition) is 5. The molecule has 0 aliphatic rings. The summed E-state index contributed by atoms with van der Waals surface area (Å²) in [5.41, 5.74) is 12.9. The van der Waals surface area contributed by atoms with Gasteiger partial charge in [0.1, 0.15) is 0 Å². The van der Waals surface area contributed by atoms with Gasteiger partial charge in [-0.15, -0.1) is 0 Å². The molecule has 15 heavy (non-hydrogen) atoms. The summed E-state index contributed by atoms with van der Waals surface area (Å²) in [7, 11) is 0. The van der Waals surface area contributed by atoms with Crippen LogP contribution in [0.4, 0.5) is 5.95 Å². The van der Waals surface area contributed by atoms with Crippen LogP contribution in [-0.2, 0) is 6.42 Å². The third-order valence-corrected chi connectivity index (χ3v) is 2.10. The summed E-state index contributed by atoms with van der Waals surface area (Å²) < 4.78 is 5.01. The van der Waals surface area contributed by atoms with Crippen molar-refractivity contribution in [3.8, 4) is 11.5 Å². The molecule has 0 saturated carbocycles. The van der Waals surface area contributed by atoms with Crippen LogP contribution in [0.25, 0.3) is 11.5 Å². The average Bonchev–Trinajstić information content (AvgIpc) is 2.66. The second kappa shape index (κ2) is 4.10. The first-order chi connectivity index (χ1) is 7.31. The van der Waals surface area contributed by atoms with Crippen molar-refractivity contribution in [2.75, 3.05) is 12.3 Å². The number of nitrogens with zero attached hydrogens (tertiary/aromatic N) is 2. The first-order valence-electron chi connectivity index (χ1n) is 4.69. The maximum absolute atomic E-state index is 5.52. The minimum Gasteiger partial charge on any atom is -0.365 e. The second-order valence-electron chi connectivity index (χ2n) is 3.15. The van der Waals surface area contributed by atoms with Crippen molar-refractivity contribution in [3.63, 3.8) is 0 Å². The van der Waals surface area contributed by atoms with Gasteiger partial charge < -0.3 is 16.0 Å². The number of benzene rings is 1. The molecule has 0 aliphatic carbocycles. The van der Waals surface area contributed by atoms with E-state index in [-0.39, 0.29) is 5.95 Å². The lowest BCUT2D eigenvalue weighted by Gasteiger charge is -2.03. The van der Waals surface area contributed by atoms with Crippen LogP contribution in [0.3, 0.4) is 0 Å². The molecule has 1 aromatic carbocycles. The SMILES string of the molecule is NCCc1ccccc1-c1nc(N)no1. The molecule has 0 unspecified atom stereocenters. The van der Waals surface area contributed by atoms with E-state index in [0.29, 0.717) is 12.4 Å². The monoisotopic (exact) mass is 204 g/mol. The summed E-state index contributed by atoms with van der Waals surface area (Å²) in [4.78, 5) is 3.98. The van der Waals surface area contributed by atoms with Crippen LogP contribution in [0.15, 0.2) is 28.8 Å². The van der Waals surface area contributed by atoms with Crippen LogP contribution in [-0.4, -0.2) is 16.7 Å². The minimum atomic E-state index is 0.146. The predicted molar refractivity (Wildman–Crippen MR) is 56.9 cm³/mol. The van der Waals surface area contributed by atoms with Gasteiger partial charge in [0.05, 0.1) is 0 Å². The van der Waals surface area contributed by atoms with Crippen molar-refractivity contribution < 1.29 is 4.52 Å². The molecule has 4 N–H and O–H groups in total. The van der Waals surface area contributed by atoms with Gasteiger partial charge in [-0.25, -0.2) is 0 Å². The third-order valence-electron chi connectivity index (χ3n) is 2.10. The topological polar surface area (TPSA) is 91.0 Å². The molecule has 1 heterocycles. The van der Waals surface area contributed by atoms with E-state index in [1.807, 2.05) is 24.3 Å². The molecule has 0 radical (unpaired) electrons. The zero-order valence-electron chi connectivity index (χ0n) is 8.18. The number of nitrogen functional groups attached to an aromatic ring is 1. The van der Waals surface area contributed by atoms with Gasteiger partial charge in [-0.3, -0.25) is 0 Å². The highest BCUT2D eigenvalue weighted by Gasteiger charge is 2.10. The maximum atomic E-state index is 5.52. The van der Waals surface area contributed by atoms with Crippen LogP contribution >= 0.6 is 0 Å². The Balaban J connectivity index is 2.42. The zero-order chi connectivity index (χ0) is 10.7. The fourth-order valence-corrected chi connectivity index (χ4v) is 1.45. The van der Waals surface area contributed by atoms with Gasteiger partial charge in [-0.2, -0.15) is 4.98 Å². The van der Waals surface area contributed by atoms with E-state index < -0.39 is 0 Å². The molecule has 78 valence electrons. The van der Waals surface area contributed by atoms with Crippen LogP contribution in [0.1, 0.15) is 5.56 Å². The average molecular weight is 204 g/mol. The first-order valence-corrected chi connectivity index (χ1v) is 4.69. The fraction of sp³-hybridized carbons (Fsp3) is 0.200. The summed E-state index contributed by atoms with van der Waals surface area (Å²) in [5.74, 6) is 0.587. The Bertz CT molecular complexity index is 452. The molecule has 0 saturated heterocycles. The Morgan fingerprint density at radius 1 is 1.27 bits per heavy atom. The number of rotatable bonds is 3. The van der Waals surface area contributed by atoms with E-state index in [9.17, 15) is 0 Å². The number of hydrogen-bond donors (Lipinski definition) is 2. The van der Waals surface area contributed by atoms with E-state index in [2.05, 4.69) is 10.1 Å². The molecule has 0 fully saturated rings. The molecule has 5 nitrogen and oxygen atoms in total. The first kappa shape index (κ1) is 9.67. The largest absolute Gasteiger partial charge is 0.365 e. The summed E-state index contributed by atoms with van der Waals surface area (Å²) in [6.45, 7) is 0.584. The van der Waals surface area contributed by atoms with Crippen molar-refractivity contribution in [2.24, 2.45) is 5.73 Å². The van der Waals surface area contributed by atoms with Gasteiger partial charge in [0.15, 0.2) is 0 Å². The van der Waals surface area contributed by atoms with Crippen molar-refractivity contribution in [3.05, 3.63) is 29.8 Å². The van der Waals surface area contributed by atoms with Crippen LogP contribution in [0.5, 0.6) is 0 Å². The highest BCUT2D eigenvalue weighted by molar-refractivity contribution is 5.59. The number of anilines is 1. The van der Waals surface area contributed by atoms with Crippen LogP contribution in [0.2, 0.25) is 0 Å². The minimum absolute atomic E-state index is 0.146. The quantitative estimate of drug-likeness (QED) is 0.772. The van der Waals surface area contributed by atoms with Gasteiger partial charge in [0.2, 0.25) is 0 Å². The second-order valence-corrected chi connectivity index (χ2v) is 3.15. The van der Waals surface area contributed by atoms with E-state index in [1.165, 1.54) is 0 Å². The molecular weight excluding hydrogens is 192 g/mol. The van der Waals surface area contributed by atoms with Crippen molar-refractivity contribution in [1.29, 1.82) is 0 Å². The molecule has 0 aliphatic heterocycles. The van der Waals surface area contributed by atoms with Crippen molar-refractivity contribution >= 4 is 5.95 Å². The molecule has 0 bridgehead atoms. The highest BCUT2D eigenvalue weighted by Crippen LogP contribution is 2.22. The highest BCUT2D eigenvalue weighted by atomic mass is 16.5. The molecule has 5 heteroatoms. The summed E-state index contributed by atoms with van der Waals surface area (Å²) in [6.07, 6.45) is 0.776. The fourth-order valence-electron chi connectivity index (χ4n) is 1.45. The zero-order valence-corrected chi connectivity index (χ0v) is 8.18. The Hall–Kier alpha value is -1.88. The van der Waals surface area contributed by atoms with E-state index in [4.69, 9.17) is 16.0 Å². The maximum Gasteiger partial charge on any atom is 0.261 e. The number of aromatic nitrogens is 2. The smallest absolute Gasteiger partial charge is 0.261 e. The molecule has 2 rings (SSSR count). The van der Waals surface area contributed by atoms with Gasteiger partial charge >= 0.3 is 0 Å². The summed E-state index contributed by atoms with van der Waals surface area (Å²) in [6, 6.07) is 7.77. The van der Waals surface area contributed by atoms with Gasteiger partial charge in [0, 0.05) is 5.56 Å². The van der Waals surface area contributed by atoms with Gasteiger partial charge in [-0.05, 0) is 29.8 Å². The number of nitrogens with two attached hydrogens (primary N) is 2. The molecule has 0 amide bonds. The third kappa shape index (κ3) is 1.97. The van der Waals surface area contributed by atoms with Gasteiger partial charge in [0.25, 0.3) is 11.8 Å². The standard InChI is InChI=1S/C10H12N4O/c11-6-5-7-3-1-2-4-8(7)9-13-10(12)14-15-9/h1-4H,5-6,11H2,(H2,12,14). The molecule has 1 aromatic heterocycles. The molecular formula is C10H12N4O. The van der Waals surface area contributed by atoms with Crippen LogP contribution < -0.4 is 11.5 Å². The van der Waals surface area contributed by atoms with Crippen molar-refractivity contribution in [1.82, 2.24) is 10.1 Å². The van der Waals surface area contributed by atoms with E-state index in [1.54, 1.807) is 0 Å². The summed E-state index contributed by atoms with van der Waals surface area (Å²) in [5, 5.41) is 3.55. The predicted octanol–water partition coefficient (Wildman–Crippen LogP) is 0.820. The van der Waals surface area contributed by atoms with Crippen LogP contribution in [0, 0.1) is 0 Å². The van der Waals surface area contributed by atoms with E-state index in [0.717, 1.165) is 17.5 Å². The summed E-state index contributed by atoms with van der Waals surface area (Å²) >= 11 is 0. The van der Waals surface area contributed by atoms with E-state index >= 15 is 0 Å². The Morgan fingerprint density at radius 2 is 2.07 bits per heavy atom. The van der Waals surface area contributed by atoms with Crippen molar-refractivity contribution in [2.45, 2.75) is 6.42 Å². The van der Waals surface area contributed by atoms with Gasteiger partial charge in [-0.1, -0.05) is 18.2 Å². The lowest BCUT2D eigenvalue weighted by Crippen LogP contribution is -2.03. The Morgan fingerprint density at radius 3 is 2.73 bits per heavy atom.